The molecule has 0 aliphatic carbocycles. The van der Waals surface area contributed by atoms with Crippen molar-refractivity contribution < 1.29 is 0 Å². The molecule has 1 aromatic rings. The number of thiol groups is 1. The summed E-state index contributed by atoms with van der Waals surface area (Å²) < 4.78 is 0. The molecule has 0 bridgehead atoms. The Bertz CT molecular complexity index is 264. The van der Waals surface area contributed by atoms with E-state index < -0.39 is 0 Å². The van der Waals surface area contributed by atoms with Gasteiger partial charge < -0.3 is 10.4 Å². The zero-order chi connectivity index (χ0) is 7.72. The summed E-state index contributed by atoms with van der Waals surface area (Å²) in [5.41, 5.74) is 2.07. The number of aromatic amines is 1. The highest BCUT2D eigenvalue weighted by Gasteiger charge is 2.04. The third kappa shape index (κ3) is 1.21. The van der Waals surface area contributed by atoms with E-state index in [4.69, 9.17) is 5.41 Å². The van der Waals surface area contributed by atoms with E-state index in [0.29, 0.717) is 16.6 Å². The predicted octanol–water partition coefficient (Wildman–Crippen LogP) is 1.39. The van der Waals surface area contributed by atoms with Crippen LogP contribution < -0.4 is 0 Å². The molecule has 0 aromatic carbocycles. The van der Waals surface area contributed by atoms with Crippen LogP contribution in [0.1, 0.15) is 18.3 Å². The predicted molar refractivity (Wildman–Crippen MR) is 43.1 cm³/mol. The molecule has 2 N–H and O–H groups in total. The summed E-state index contributed by atoms with van der Waals surface area (Å²) in [5, 5.41) is 7.84. The van der Waals surface area contributed by atoms with Crippen molar-refractivity contribution in [3.63, 3.8) is 0 Å². The first kappa shape index (κ1) is 7.34. The van der Waals surface area contributed by atoms with Crippen molar-refractivity contribution in [2.45, 2.75) is 19.0 Å². The minimum Gasteiger partial charge on any atom is -0.337 e. The Morgan fingerprint density at radius 2 is 2.30 bits per heavy atom. The monoisotopic (exact) mass is 155 g/mol. The van der Waals surface area contributed by atoms with Gasteiger partial charge in [-0.3, -0.25) is 0 Å². The summed E-state index contributed by atoms with van der Waals surface area (Å²) >= 11 is 4.01. The van der Waals surface area contributed by atoms with Gasteiger partial charge in [0.25, 0.3) is 0 Å². The van der Waals surface area contributed by atoms with Gasteiger partial charge in [-0.05, 0) is 13.8 Å². The summed E-state index contributed by atoms with van der Waals surface area (Å²) in [7, 11) is 0. The van der Waals surface area contributed by atoms with Gasteiger partial charge in [-0.2, -0.15) is 0 Å². The fraction of sp³-hybridized carbons (Fsp3) is 0.333. The summed E-state index contributed by atoms with van der Waals surface area (Å²) in [6.07, 6.45) is 0. The van der Waals surface area contributed by atoms with Crippen LogP contribution in [0.2, 0.25) is 0 Å². The lowest BCUT2D eigenvalue weighted by molar-refractivity contribution is 1.05. The zero-order valence-corrected chi connectivity index (χ0v) is 6.79. The molecule has 1 heterocycles. The minimum atomic E-state index is 0.467. The molecule has 0 saturated heterocycles. The molecule has 54 valence electrons. The van der Waals surface area contributed by atoms with Crippen molar-refractivity contribution in [2.75, 3.05) is 0 Å². The van der Waals surface area contributed by atoms with Crippen molar-refractivity contribution in [1.82, 2.24) is 9.97 Å². The lowest BCUT2D eigenvalue weighted by atomic mass is 10.2. The van der Waals surface area contributed by atoms with Gasteiger partial charge in [0.1, 0.15) is 5.69 Å². The Balaban J connectivity index is 3.15. The molecular weight excluding hydrogens is 146 g/mol. The van der Waals surface area contributed by atoms with Gasteiger partial charge in [0, 0.05) is 5.69 Å². The average molecular weight is 155 g/mol. The number of imidazole rings is 1. The van der Waals surface area contributed by atoms with Crippen LogP contribution in [0.5, 0.6) is 0 Å². The van der Waals surface area contributed by atoms with Gasteiger partial charge in [0.2, 0.25) is 0 Å². The number of hydrogen-bond donors (Lipinski definition) is 3. The van der Waals surface area contributed by atoms with Crippen LogP contribution in [-0.2, 0) is 0 Å². The summed E-state index contributed by atoms with van der Waals surface area (Å²) in [4.78, 5) is 6.89. The summed E-state index contributed by atoms with van der Waals surface area (Å²) in [6, 6.07) is 0. The smallest absolute Gasteiger partial charge is 0.163 e. The van der Waals surface area contributed by atoms with Crippen molar-refractivity contribution in [3.05, 3.63) is 11.4 Å². The second kappa shape index (κ2) is 2.46. The van der Waals surface area contributed by atoms with Gasteiger partial charge in [-0.25, -0.2) is 4.98 Å². The molecule has 0 radical (unpaired) electrons. The van der Waals surface area contributed by atoms with Gasteiger partial charge >= 0.3 is 0 Å². The van der Waals surface area contributed by atoms with Crippen LogP contribution in [0.3, 0.4) is 0 Å². The van der Waals surface area contributed by atoms with E-state index in [0.717, 1.165) is 5.69 Å². The first-order valence-electron chi connectivity index (χ1n) is 2.92. The van der Waals surface area contributed by atoms with E-state index >= 15 is 0 Å². The maximum atomic E-state index is 7.27. The summed E-state index contributed by atoms with van der Waals surface area (Å²) in [6.45, 7) is 3.58. The highest BCUT2D eigenvalue weighted by Crippen LogP contribution is 2.07. The number of hydrogen-bond acceptors (Lipinski definition) is 3. The van der Waals surface area contributed by atoms with E-state index in [1.165, 1.54) is 0 Å². The molecule has 4 heteroatoms. The Labute approximate surface area is 64.8 Å². The number of aryl methyl sites for hydroxylation is 1. The van der Waals surface area contributed by atoms with E-state index in [9.17, 15) is 0 Å². The van der Waals surface area contributed by atoms with E-state index in [1.54, 1.807) is 6.92 Å². The van der Waals surface area contributed by atoms with E-state index in [2.05, 4.69) is 22.6 Å². The molecule has 10 heavy (non-hydrogen) atoms. The maximum absolute atomic E-state index is 7.27. The lowest BCUT2D eigenvalue weighted by Gasteiger charge is -1.89. The number of nitrogens with zero attached hydrogens (tertiary/aromatic N) is 1. The van der Waals surface area contributed by atoms with Gasteiger partial charge in [-0.15, -0.1) is 12.6 Å². The SMILES string of the molecule is CC(=N)c1nc(S)[nH]c1C. The fourth-order valence-corrected chi connectivity index (χ4v) is 1.08. The molecular formula is C6H9N3S. The van der Waals surface area contributed by atoms with Crippen molar-refractivity contribution in [3.8, 4) is 0 Å². The van der Waals surface area contributed by atoms with E-state index in [-0.39, 0.29) is 0 Å². The van der Waals surface area contributed by atoms with Crippen LogP contribution in [0.4, 0.5) is 0 Å². The standard InChI is InChI=1S/C6H9N3S/c1-3(7)5-4(2)8-6(10)9-5/h7H,1-2H3,(H2,8,9,10). The first-order chi connectivity index (χ1) is 4.61. The van der Waals surface area contributed by atoms with Gasteiger partial charge in [-0.1, -0.05) is 0 Å². The molecule has 0 saturated carbocycles. The van der Waals surface area contributed by atoms with Crippen LogP contribution in [0.25, 0.3) is 0 Å². The molecule has 0 amide bonds. The van der Waals surface area contributed by atoms with Crippen molar-refractivity contribution in [1.29, 1.82) is 5.41 Å². The van der Waals surface area contributed by atoms with Crippen molar-refractivity contribution >= 4 is 18.3 Å². The molecule has 0 aliphatic heterocycles. The van der Waals surface area contributed by atoms with E-state index in [1.807, 2.05) is 6.92 Å². The molecule has 1 aromatic heterocycles. The minimum absolute atomic E-state index is 0.467. The average Bonchev–Trinajstić information content (AvgIpc) is 2.10. The van der Waals surface area contributed by atoms with Crippen LogP contribution in [0, 0.1) is 12.3 Å². The molecule has 0 atom stereocenters. The highest BCUT2D eigenvalue weighted by molar-refractivity contribution is 7.80. The molecule has 0 spiro atoms. The van der Waals surface area contributed by atoms with Gasteiger partial charge in [0.05, 0.1) is 5.71 Å². The molecule has 0 fully saturated rings. The first-order valence-corrected chi connectivity index (χ1v) is 3.37. The Morgan fingerprint density at radius 1 is 1.70 bits per heavy atom. The fourth-order valence-electron chi connectivity index (χ4n) is 0.810. The van der Waals surface area contributed by atoms with Crippen LogP contribution in [0.15, 0.2) is 5.16 Å². The van der Waals surface area contributed by atoms with Gasteiger partial charge in [0.15, 0.2) is 5.16 Å². The highest BCUT2D eigenvalue weighted by atomic mass is 32.1. The molecule has 0 unspecified atom stereocenters. The quantitative estimate of drug-likeness (QED) is 0.416. The van der Waals surface area contributed by atoms with Crippen LogP contribution in [-0.4, -0.2) is 15.7 Å². The zero-order valence-electron chi connectivity index (χ0n) is 5.89. The third-order valence-corrected chi connectivity index (χ3v) is 1.44. The second-order valence-corrected chi connectivity index (χ2v) is 2.58. The normalized spacial score (nSPS) is 9.90. The Hall–Kier alpha value is -0.770. The number of aromatic nitrogens is 2. The Kier molecular flexibility index (Phi) is 1.80. The molecule has 1 rings (SSSR count). The van der Waals surface area contributed by atoms with Crippen molar-refractivity contribution in [2.24, 2.45) is 0 Å². The number of rotatable bonds is 1. The van der Waals surface area contributed by atoms with Crippen LogP contribution >= 0.6 is 12.6 Å². The Morgan fingerprint density at radius 3 is 2.50 bits per heavy atom. The number of H-pyrrole nitrogens is 1. The lowest BCUT2D eigenvalue weighted by Crippen LogP contribution is -1.94. The molecule has 3 nitrogen and oxygen atoms in total. The number of nitrogens with one attached hydrogen (secondary N) is 2. The largest absolute Gasteiger partial charge is 0.337 e. The molecule has 0 aliphatic rings. The summed E-state index contributed by atoms with van der Waals surface area (Å²) in [5.74, 6) is 0. The topological polar surface area (TPSA) is 52.5 Å². The maximum Gasteiger partial charge on any atom is 0.163 e. The second-order valence-electron chi connectivity index (χ2n) is 2.16. The third-order valence-electron chi connectivity index (χ3n) is 1.23.